The summed E-state index contributed by atoms with van der Waals surface area (Å²) >= 11 is 0. The molecule has 0 aromatic rings. The Kier molecular flexibility index (Phi) is 1.33. The summed E-state index contributed by atoms with van der Waals surface area (Å²) in [6.45, 7) is 5.15. The maximum absolute atomic E-state index is 11.7. The molecule has 0 bridgehead atoms. The monoisotopic (exact) mass is 177 g/mol. The van der Waals surface area contributed by atoms with Crippen LogP contribution in [0.1, 0.15) is 25.7 Å². The van der Waals surface area contributed by atoms with E-state index in [1.54, 1.807) is 0 Å². The van der Waals surface area contributed by atoms with Gasteiger partial charge in [0.2, 0.25) is 0 Å². The van der Waals surface area contributed by atoms with Crippen molar-refractivity contribution < 1.29 is 4.79 Å². The molecule has 1 spiro atoms. The Hall–Kier alpha value is -0.630. The van der Waals surface area contributed by atoms with Crippen LogP contribution in [0, 0.1) is 11.8 Å². The van der Waals surface area contributed by atoms with Crippen LogP contribution in [0.2, 0.25) is 0 Å². The van der Waals surface area contributed by atoms with Crippen molar-refractivity contribution in [3.05, 3.63) is 12.2 Å². The molecule has 70 valence electrons. The van der Waals surface area contributed by atoms with E-state index in [9.17, 15) is 4.79 Å². The Morgan fingerprint density at radius 2 is 2.38 bits per heavy atom. The highest BCUT2D eigenvalue weighted by Gasteiger charge is 2.63. The van der Waals surface area contributed by atoms with E-state index >= 15 is 0 Å². The van der Waals surface area contributed by atoms with Gasteiger partial charge in [-0.2, -0.15) is 0 Å². The number of Topliss-reactive ketones (excluding diaryl/α,β-unsaturated/α-hetero) is 1. The van der Waals surface area contributed by atoms with E-state index in [1.807, 2.05) is 0 Å². The van der Waals surface area contributed by atoms with Gasteiger partial charge in [-0.1, -0.05) is 12.2 Å². The second-order valence-corrected chi connectivity index (χ2v) is 4.64. The molecule has 1 saturated heterocycles. The van der Waals surface area contributed by atoms with Crippen molar-refractivity contribution in [2.45, 2.75) is 31.2 Å². The van der Waals surface area contributed by atoms with Gasteiger partial charge >= 0.3 is 0 Å². The van der Waals surface area contributed by atoms with Crippen LogP contribution >= 0.6 is 0 Å². The lowest BCUT2D eigenvalue weighted by atomic mass is 9.51. The van der Waals surface area contributed by atoms with Crippen LogP contribution < -0.4 is 5.32 Å². The lowest BCUT2D eigenvalue weighted by Crippen LogP contribution is -2.65. The van der Waals surface area contributed by atoms with E-state index in [0.29, 0.717) is 11.7 Å². The summed E-state index contributed by atoms with van der Waals surface area (Å²) in [4.78, 5) is 11.7. The summed E-state index contributed by atoms with van der Waals surface area (Å²) in [6, 6.07) is 0. The molecule has 0 radical (unpaired) electrons. The normalized spacial score (nSPS) is 48.3. The number of ketones is 1. The van der Waals surface area contributed by atoms with Gasteiger partial charge in [0.25, 0.3) is 0 Å². The Balaban J connectivity index is 2.00. The first-order chi connectivity index (χ1) is 6.26. The summed E-state index contributed by atoms with van der Waals surface area (Å²) in [7, 11) is 0. The molecule has 3 aliphatic rings. The van der Waals surface area contributed by atoms with Crippen molar-refractivity contribution in [2.75, 3.05) is 6.54 Å². The van der Waals surface area contributed by atoms with Crippen molar-refractivity contribution in [3.8, 4) is 0 Å². The first kappa shape index (κ1) is 7.74. The molecule has 2 saturated carbocycles. The van der Waals surface area contributed by atoms with Crippen molar-refractivity contribution in [1.29, 1.82) is 0 Å². The summed E-state index contributed by atoms with van der Waals surface area (Å²) in [6.07, 6.45) is 4.24. The van der Waals surface area contributed by atoms with Crippen molar-refractivity contribution in [2.24, 2.45) is 11.8 Å². The molecule has 3 fully saturated rings. The number of carbonyl (C=O) groups is 1. The predicted molar refractivity (Wildman–Crippen MR) is 50.3 cm³/mol. The van der Waals surface area contributed by atoms with E-state index < -0.39 is 0 Å². The molecule has 0 aromatic carbocycles. The zero-order chi connectivity index (χ0) is 9.05. The van der Waals surface area contributed by atoms with Gasteiger partial charge in [0.15, 0.2) is 0 Å². The topological polar surface area (TPSA) is 29.1 Å². The molecule has 1 N–H and O–H groups in total. The fraction of sp³-hybridized carbons (Fsp3) is 0.727. The highest BCUT2D eigenvalue weighted by atomic mass is 16.1. The first-order valence-electron chi connectivity index (χ1n) is 5.22. The largest absolute Gasteiger partial charge is 0.310 e. The third kappa shape index (κ3) is 0.715. The number of hydrogen-bond donors (Lipinski definition) is 1. The van der Waals surface area contributed by atoms with E-state index in [1.165, 1.54) is 18.4 Å². The molecule has 0 unspecified atom stereocenters. The molecular formula is C11H15NO. The highest BCUT2D eigenvalue weighted by Crippen LogP contribution is 2.57. The highest BCUT2D eigenvalue weighted by molar-refractivity contribution is 5.88. The molecule has 1 aliphatic heterocycles. The predicted octanol–water partition coefficient (Wildman–Crippen LogP) is 1.27. The summed E-state index contributed by atoms with van der Waals surface area (Å²) < 4.78 is 0. The van der Waals surface area contributed by atoms with Crippen LogP contribution in [0.4, 0.5) is 0 Å². The molecule has 0 aromatic heterocycles. The second-order valence-electron chi connectivity index (χ2n) is 4.64. The van der Waals surface area contributed by atoms with Crippen LogP contribution in [0.5, 0.6) is 0 Å². The minimum absolute atomic E-state index is 0.173. The average Bonchev–Trinajstić information content (AvgIpc) is 2.43. The second kappa shape index (κ2) is 2.24. The lowest BCUT2D eigenvalue weighted by molar-refractivity contribution is -0.131. The van der Waals surface area contributed by atoms with Crippen molar-refractivity contribution in [3.63, 3.8) is 0 Å². The van der Waals surface area contributed by atoms with Gasteiger partial charge in [-0.25, -0.2) is 0 Å². The van der Waals surface area contributed by atoms with Crippen LogP contribution in [0.15, 0.2) is 12.2 Å². The summed E-state index contributed by atoms with van der Waals surface area (Å²) in [5, 5.41) is 3.55. The minimum Gasteiger partial charge on any atom is -0.310 e. The van der Waals surface area contributed by atoms with E-state index in [4.69, 9.17) is 0 Å². The Labute approximate surface area is 78.4 Å². The third-order valence-corrected chi connectivity index (χ3v) is 4.18. The van der Waals surface area contributed by atoms with Gasteiger partial charge in [0, 0.05) is 17.9 Å². The maximum atomic E-state index is 11.7. The SMILES string of the molecule is C=C1[C@H]2C(=O)CCC[C@]23NCC[C@H]13. The molecule has 13 heavy (non-hydrogen) atoms. The molecule has 1 heterocycles. The lowest BCUT2D eigenvalue weighted by Gasteiger charge is -2.56. The molecule has 2 heteroatoms. The Morgan fingerprint density at radius 1 is 1.54 bits per heavy atom. The van der Waals surface area contributed by atoms with Crippen molar-refractivity contribution in [1.82, 2.24) is 5.32 Å². The maximum Gasteiger partial charge on any atom is 0.141 e. The van der Waals surface area contributed by atoms with E-state index in [-0.39, 0.29) is 11.5 Å². The smallest absolute Gasteiger partial charge is 0.141 e. The average molecular weight is 177 g/mol. The first-order valence-corrected chi connectivity index (χ1v) is 5.22. The zero-order valence-electron chi connectivity index (χ0n) is 7.81. The Bertz CT molecular complexity index is 296. The van der Waals surface area contributed by atoms with Gasteiger partial charge in [0.1, 0.15) is 5.78 Å². The third-order valence-electron chi connectivity index (χ3n) is 4.18. The van der Waals surface area contributed by atoms with Gasteiger partial charge in [0.05, 0.1) is 5.92 Å². The quantitative estimate of drug-likeness (QED) is 0.565. The van der Waals surface area contributed by atoms with Gasteiger partial charge in [-0.15, -0.1) is 0 Å². The fourth-order valence-corrected chi connectivity index (χ4v) is 3.69. The molecular weight excluding hydrogens is 162 g/mol. The molecule has 2 aliphatic carbocycles. The number of nitrogens with one attached hydrogen (secondary N) is 1. The standard InChI is InChI=1S/C11H15NO/c1-7-8-4-6-12-11(8)5-2-3-9(13)10(7)11/h8,10,12H,1-6H2/t8-,10+,11-/m1/s1. The fourth-order valence-electron chi connectivity index (χ4n) is 3.69. The number of carbonyl (C=O) groups excluding carboxylic acids is 1. The Morgan fingerprint density at radius 3 is 3.23 bits per heavy atom. The number of hydrogen-bond acceptors (Lipinski definition) is 2. The zero-order valence-corrected chi connectivity index (χ0v) is 7.81. The van der Waals surface area contributed by atoms with Gasteiger partial charge in [-0.3, -0.25) is 4.79 Å². The summed E-state index contributed by atoms with van der Waals surface area (Å²) in [5.41, 5.74) is 1.39. The number of rotatable bonds is 0. The van der Waals surface area contributed by atoms with Crippen molar-refractivity contribution >= 4 is 5.78 Å². The molecule has 2 nitrogen and oxygen atoms in total. The molecule has 3 atom stereocenters. The van der Waals surface area contributed by atoms with E-state index in [0.717, 1.165) is 19.4 Å². The van der Waals surface area contributed by atoms with Gasteiger partial charge < -0.3 is 5.32 Å². The van der Waals surface area contributed by atoms with E-state index in [2.05, 4.69) is 11.9 Å². The molecule has 0 amide bonds. The van der Waals surface area contributed by atoms with Crippen LogP contribution in [0.3, 0.4) is 0 Å². The van der Waals surface area contributed by atoms with Crippen LogP contribution in [-0.4, -0.2) is 17.9 Å². The van der Waals surface area contributed by atoms with Crippen LogP contribution in [0.25, 0.3) is 0 Å². The van der Waals surface area contributed by atoms with Gasteiger partial charge in [-0.05, 0) is 25.8 Å². The molecule has 3 rings (SSSR count). The summed E-state index contributed by atoms with van der Waals surface area (Å²) in [5.74, 6) is 1.22. The van der Waals surface area contributed by atoms with Crippen LogP contribution in [-0.2, 0) is 4.79 Å². The minimum atomic E-state index is 0.173.